The molecule has 0 spiro atoms. The Morgan fingerprint density at radius 3 is 2.26 bits per heavy atom. The van der Waals surface area contributed by atoms with Gasteiger partial charge < -0.3 is 14.4 Å². The van der Waals surface area contributed by atoms with Gasteiger partial charge in [-0.1, -0.05) is 23.7 Å². The molecular formula is C23H22ClF3NO3+. The summed E-state index contributed by atoms with van der Waals surface area (Å²) in [5.74, 6) is -1.54. The summed E-state index contributed by atoms with van der Waals surface area (Å²) in [6.07, 6.45) is -0.634. The number of phenolic OH excluding ortho intramolecular Hbond substituents is 1. The van der Waals surface area contributed by atoms with Gasteiger partial charge in [0, 0.05) is 5.02 Å². The van der Waals surface area contributed by atoms with Crippen molar-refractivity contribution in [2.24, 2.45) is 0 Å². The highest BCUT2D eigenvalue weighted by Gasteiger charge is 2.40. The maximum atomic E-state index is 13.9. The van der Waals surface area contributed by atoms with Crippen molar-refractivity contribution in [1.82, 2.24) is 0 Å². The number of hydrogen-bond donors (Lipinski definition) is 2. The van der Waals surface area contributed by atoms with Crippen LogP contribution in [0.1, 0.15) is 37.0 Å². The molecule has 0 unspecified atom stereocenters. The van der Waals surface area contributed by atoms with Crippen molar-refractivity contribution in [1.29, 1.82) is 0 Å². The smallest absolute Gasteiger partial charge is 0.450 e. The van der Waals surface area contributed by atoms with E-state index >= 15 is 0 Å². The van der Waals surface area contributed by atoms with Gasteiger partial charge in [0.25, 0.3) is 0 Å². The molecule has 1 aliphatic heterocycles. The van der Waals surface area contributed by atoms with Crippen molar-refractivity contribution in [3.05, 3.63) is 63.0 Å². The number of fused-ring (bicyclic) bond motifs is 1. The summed E-state index contributed by atoms with van der Waals surface area (Å²) in [5.41, 5.74) is -1.25. The summed E-state index contributed by atoms with van der Waals surface area (Å²) < 4.78 is 47.2. The number of rotatable bonds is 3. The number of phenols is 1. The van der Waals surface area contributed by atoms with Gasteiger partial charge >= 0.3 is 6.18 Å². The first kappa shape index (κ1) is 21.7. The highest BCUT2D eigenvalue weighted by atomic mass is 35.5. The average Bonchev–Trinajstić information content (AvgIpc) is 2.99. The standard InChI is InChI=1S/C23H21ClF3NO3/c24-15-7-5-14(6-8-15)19-20(30)16-9-10-18(29)17(13-28-11-3-1-2-4-12-28)21(16)31-22(19)23(25,26)27/h5-10,29H,1-4,11-13H2/p+1. The molecule has 3 aromatic rings. The maximum absolute atomic E-state index is 13.9. The second kappa shape index (κ2) is 8.55. The van der Waals surface area contributed by atoms with Gasteiger partial charge in [-0.25, -0.2) is 0 Å². The highest BCUT2D eigenvalue weighted by molar-refractivity contribution is 6.30. The zero-order chi connectivity index (χ0) is 22.2. The molecule has 4 rings (SSSR count). The number of alkyl halides is 3. The van der Waals surface area contributed by atoms with Crippen LogP contribution in [-0.4, -0.2) is 18.2 Å². The quantitative estimate of drug-likeness (QED) is 0.600. The van der Waals surface area contributed by atoms with Crippen LogP contribution in [0, 0.1) is 0 Å². The van der Waals surface area contributed by atoms with Crippen LogP contribution in [0.5, 0.6) is 5.75 Å². The number of halogens is 4. The fourth-order valence-corrected chi connectivity index (χ4v) is 4.33. The largest absolute Gasteiger partial charge is 0.507 e. The maximum Gasteiger partial charge on any atom is 0.450 e. The highest BCUT2D eigenvalue weighted by Crippen LogP contribution is 2.39. The van der Waals surface area contributed by atoms with E-state index in [-0.39, 0.29) is 27.8 Å². The van der Waals surface area contributed by atoms with Gasteiger partial charge in [-0.3, -0.25) is 4.79 Å². The minimum atomic E-state index is -4.89. The topological polar surface area (TPSA) is 54.9 Å². The van der Waals surface area contributed by atoms with Crippen molar-refractivity contribution in [2.45, 2.75) is 38.4 Å². The van der Waals surface area contributed by atoms with Crippen LogP contribution in [0.25, 0.3) is 22.1 Å². The van der Waals surface area contributed by atoms with Gasteiger partial charge in [-0.05, 0) is 55.5 Å². The summed E-state index contributed by atoms with van der Waals surface area (Å²) in [5, 5.41) is 10.8. The monoisotopic (exact) mass is 452 g/mol. The normalized spacial score (nSPS) is 15.9. The van der Waals surface area contributed by atoms with Gasteiger partial charge in [0.05, 0.1) is 29.6 Å². The Balaban J connectivity index is 1.93. The number of likely N-dealkylation sites (tertiary alicyclic amines) is 1. The molecule has 1 fully saturated rings. The van der Waals surface area contributed by atoms with Crippen molar-refractivity contribution < 1.29 is 27.6 Å². The van der Waals surface area contributed by atoms with E-state index in [0.717, 1.165) is 43.7 Å². The van der Waals surface area contributed by atoms with Crippen LogP contribution < -0.4 is 10.3 Å². The lowest BCUT2D eigenvalue weighted by Gasteiger charge is -2.19. The van der Waals surface area contributed by atoms with E-state index in [9.17, 15) is 23.1 Å². The molecule has 1 aromatic heterocycles. The van der Waals surface area contributed by atoms with Crippen LogP contribution >= 0.6 is 11.6 Å². The molecule has 1 saturated heterocycles. The summed E-state index contributed by atoms with van der Waals surface area (Å²) in [6.45, 7) is 2.01. The Kier molecular flexibility index (Phi) is 5.99. The molecule has 0 atom stereocenters. The third kappa shape index (κ3) is 4.43. The van der Waals surface area contributed by atoms with Gasteiger partial charge in [-0.2, -0.15) is 13.2 Å². The minimum absolute atomic E-state index is 0.0139. The first-order valence-corrected chi connectivity index (χ1v) is 10.6. The third-order valence-electron chi connectivity index (χ3n) is 5.77. The zero-order valence-electron chi connectivity index (χ0n) is 16.7. The van der Waals surface area contributed by atoms with E-state index < -0.39 is 22.9 Å². The van der Waals surface area contributed by atoms with E-state index in [1.807, 2.05) is 0 Å². The molecule has 31 heavy (non-hydrogen) atoms. The number of nitrogens with one attached hydrogen (secondary N) is 1. The lowest BCUT2D eigenvalue weighted by atomic mass is 10.00. The van der Waals surface area contributed by atoms with Gasteiger partial charge in [0.2, 0.25) is 11.2 Å². The Labute approximate surface area is 181 Å². The second-order valence-electron chi connectivity index (χ2n) is 7.92. The van der Waals surface area contributed by atoms with Crippen LogP contribution in [0.3, 0.4) is 0 Å². The van der Waals surface area contributed by atoms with Crippen molar-refractivity contribution in [2.75, 3.05) is 13.1 Å². The van der Waals surface area contributed by atoms with E-state index in [2.05, 4.69) is 0 Å². The first-order chi connectivity index (χ1) is 14.8. The lowest BCUT2D eigenvalue weighted by Crippen LogP contribution is -3.10. The van der Waals surface area contributed by atoms with Gasteiger partial charge in [-0.15, -0.1) is 0 Å². The van der Waals surface area contributed by atoms with E-state index in [1.165, 1.54) is 36.4 Å². The summed E-state index contributed by atoms with van der Waals surface area (Å²) >= 11 is 5.85. The molecule has 2 aromatic carbocycles. The molecule has 0 radical (unpaired) electrons. The molecule has 1 aliphatic rings. The fraction of sp³-hybridized carbons (Fsp3) is 0.348. The van der Waals surface area contributed by atoms with Crippen molar-refractivity contribution in [3.8, 4) is 16.9 Å². The second-order valence-corrected chi connectivity index (χ2v) is 8.36. The van der Waals surface area contributed by atoms with E-state index in [1.54, 1.807) is 0 Å². The molecule has 2 heterocycles. The minimum Gasteiger partial charge on any atom is -0.507 e. The Hall–Kier alpha value is -2.51. The van der Waals surface area contributed by atoms with Crippen LogP contribution in [0.2, 0.25) is 5.02 Å². The van der Waals surface area contributed by atoms with E-state index in [4.69, 9.17) is 16.0 Å². The Bertz CT molecular complexity index is 1150. The number of benzene rings is 2. The van der Waals surface area contributed by atoms with Crippen LogP contribution in [-0.2, 0) is 12.7 Å². The molecule has 164 valence electrons. The average molecular weight is 453 g/mol. The predicted molar refractivity (Wildman–Crippen MR) is 112 cm³/mol. The zero-order valence-corrected chi connectivity index (χ0v) is 17.4. The molecule has 0 aliphatic carbocycles. The Morgan fingerprint density at radius 1 is 1.00 bits per heavy atom. The molecule has 0 saturated carbocycles. The number of quaternary nitrogens is 1. The molecule has 0 amide bonds. The summed E-state index contributed by atoms with van der Waals surface area (Å²) in [6, 6.07) is 8.23. The summed E-state index contributed by atoms with van der Waals surface area (Å²) in [7, 11) is 0. The van der Waals surface area contributed by atoms with Gasteiger partial charge in [0.1, 0.15) is 12.3 Å². The van der Waals surface area contributed by atoms with Crippen molar-refractivity contribution in [3.63, 3.8) is 0 Å². The molecular weight excluding hydrogens is 431 g/mol. The predicted octanol–water partition coefficient (Wildman–Crippen LogP) is 4.80. The first-order valence-electron chi connectivity index (χ1n) is 10.2. The fourth-order valence-electron chi connectivity index (χ4n) is 4.21. The van der Waals surface area contributed by atoms with E-state index in [0.29, 0.717) is 11.6 Å². The molecule has 8 heteroatoms. The third-order valence-corrected chi connectivity index (χ3v) is 6.02. The molecule has 2 N–H and O–H groups in total. The van der Waals surface area contributed by atoms with Gasteiger partial charge in [0.15, 0.2) is 5.58 Å². The molecule has 0 bridgehead atoms. The number of hydrogen-bond acceptors (Lipinski definition) is 3. The molecule has 4 nitrogen and oxygen atoms in total. The Morgan fingerprint density at radius 2 is 1.65 bits per heavy atom. The number of aromatic hydroxyl groups is 1. The SMILES string of the molecule is O=c1c(-c2ccc(Cl)cc2)c(C(F)(F)F)oc2c(C[NH+]3CCCCCC3)c(O)ccc12. The van der Waals surface area contributed by atoms with Crippen LogP contribution in [0.15, 0.2) is 45.6 Å². The van der Waals surface area contributed by atoms with Crippen LogP contribution in [0.4, 0.5) is 13.2 Å². The van der Waals surface area contributed by atoms with Crippen molar-refractivity contribution >= 4 is 22.6 Å². The lowest BCUT2D eigenvalue weighted by molar-refractivity contribution is -0.913. The summed E-state index contributed by atoms with van der Waals surface area (Å²) in [4.78, 5) is 14.4.